The molecule has 0 saturated carbocycles. The van der Waals surface area contributed by atoms with Gasteiger partial charge in [0.2, 0.25) is 0 Å². The number of halogens is 3. The number of carbonyl (C=O) groups is 1. The molecule has 0 fully saturated rings. The maximum atomic E-state index is 12.3. The van der Waals surface area contributed by atoms with Crippen LogP contribution >= 0.6 is 11.6 Å². The number of carbonyl (C=O) groups excluding carboxylic acids is 1. The predicted octanol–water partition coefficient (Wildman–Crippen LogP) is 1.94. The summed E-state index contributed by atoms with van der Waals surface area (Å²) in [6.07, 6.45) is -2.83. The molecular weight excluding hydrogens is 218 g/mol. The lowest BCUT2D eigenvalue weighted by atomic mass is 10.4. The van der Waals surface area contributed by atoms with Crippen LogP contribution in [0.15, 0.2) is 0 Å². The molecule has 0 bridgehead atoms. The van der Waals surface area contributed by atoms with Crippen LogP contribution in [0.2, 0.25) is 5.15 Å². The van der Waals surface area contributed by atoms with Gasteiger partial charge in [0.05, 0.1) is 0 Å². The summed E-state index contributed by atoms with van der Waals surface area (Å²) in [5, 5.41) is 3.29. The molecule has 1 aromatic rings. The van der Waals surface area contributed by atoms with Crippen molar-refractivity contribution in [3.8, 4) is 5.75 Å². The summed E-state index contributed by atoms with van der Waals surface area (Å²) in [5.41, 5.74) is -0.632. The first kappa shape index (κ1) is 10.9. The monoisotopic (exact) mass is 224 g/mol. The van der Waals surface area contributed by atoms with E-state index in [-0.39, 0.29) is 10.9 Å². The Morgan fingerprint density at radius 3 is 2.64 bits per heavy atom. The summed E-state index contributed by atoms with van der Waals surface area (Å²) < 4.78 is 30.2. The quantitative estimate of drug-likeness (QED) is 0.721. The van der Waals surface area contributed by atoms with Crippen LogP contribution in [0, 0.1) is 0 Å². The van der Waals surface area contributed by atoms with Crippen LogP contribution in [0.5, 0.6) is 5.75 Å². The molecule has 1 aromatic heterocycles. The Hall–Kier alpha value is -1.17. The molecule has 0 spiro atoms. The number of aromatic nitrogens is 2. The highest BCUT2D eigenvalue weighted by Crippen LogP contribution is 2.34. The van der Waals surface area contributed by atoms with E-state index in [1.165, 1.54) is 7.05 Å². The average molecular weight is 225 g/mol. The van der Waals surface area contributed by atoms with Crippen LogP contribution in [-0.2, 0) is 11.8 Å². The fourth-order valence-electron chi connectivity index (χ4n) is 0.884. The molecule has 0 aromatic carbocycles. The third kappa shape index (κ3) is 2.01. The molecule has 0 unspecified atom stereocenters. The third-order valence-electron chi connectivity index (χ3n) is 1.41. The molecule has 0 aliphatic rings. The van der Waals surface area contributed by atoms with E-state index in [0.717, 1.165) is 11.6 Å². The van der Waals surface area contributed by atoms with Crippen LogP contribution in [0.1, 0.15) is 19.0 Å². The van der Waals surface area contributed by atoms with Gasteiger partial charge in [-0.2, -0.15) is 5.10 Å². The zero-order chi connectivity index (χ0) is 10.9. The lowest BCUT2D eigenvalue weighted by Gasteiger charge is -2.00. The van der Waals surface area contributed by atoms with Gasteiger partial charge in [-0.05, 0) is 0 Å². The summed E-state index contributed by atoms with van der Waals surface area (Å²) in [6.45, 7) is 1.10. The van der Waals surface area contributed by atoms with Gasteiger partial charge in [0.25, 0.3) is 6.43 Å². The zero-order valence-corrected chi connectivity index (χ0v) is 8.18. The first-order valence-electron chi connectivity index (χ1n) is 3.62. The predicted molar refractivity (Wildman–Crippen MR) is 44.5 cm³/mol. The fraction of sp³-hybridized carbons (Fsp3) is 0.429. The van der Waals surface area contributed by atoms with Gasteiger partial charge in [-0.3, -0.25) is 9.48 Å². The van der Waals surface area contributed by atoms with Crippen molar-refractivity contribution in [2.75, 3.05) is 0 Å². The van der Waals surface area contributed by atoms with Crippen LogP contribution in [-0.4, -0.2) is 15.7 Å². The van der Waals surface area contributed by atoms with Gasteiger partial charge >= 0.3 is 5.97 Å². The second-order valence-corrected chi connectivity index (χ2v) is 2.88. The second-order valence-electron chi connectivity index (χ2n) is 2.52. The number of alkyl halides is 2. The van der Waals surface area contributed by atoms with Crippen LogP contribution in [0.4, 0.5) is 8.78 Å². The van der Waals surface area contributed by atoms with Crippen molar-refractivity contribution in [2.24, 2.45) is 7.05 Å². The number of hydrogen-bond donors (Lipinski definition) is 0. The largest absolute Gasteiger partial charge is 0.421 e. The Morgan fingerprint density at radius 2 is 2.21 bits per heavy atom. The molecule has 0 radical (unpaired) electrons. The number of rotatable bonds is 2. The highest BCUT2D eigenvalue weighted by molar-refractivity contribution is 6.31. The van der Waals surface area contributed by atoms with Crippen LogP contribution in [0.3, 0.4) is 0 Å². The minimum absolute atomic E-state index is 0.129. The average Bonchev–Trinajstić information content (AvgIpc) is 2.32. The SMILES string of the molecule is CC(=O)Oc1c(C(F)F)nn(C)c1Cl. The summed E-state index contributed by atoms with van der Waals surface area (Å²) in [4.78, 5) is 10.6. The Bertz CT molecular complexity index is 365. The van der Waals surface area contributed by atoms with E-state index in [4.69, 9.17) is 11.6 Å². The molecule has 7 heteroatoms. The van der Waals surface area contributed by atoms with Crippen molar-refractivity contribution in [2.45, 2.75) is 13.3 Å². The first-order chi connectivity index (χ1) is 6.43. The van der Waals surface area contributed by atoms with Crippen LogP contribution < -0.4 is 4.74 Å². The van der Waals surface area contributed by atoms with E-state index < -0.39 is 18.1 Å². The van der Waals surface area contributed by atoms with Gasteiger partial charge < -0.3 is 4.74 Å². The lowest BCUT2D eigenvalue weighted by molar-refractivity contribution is -0.132. The highest BCUT2D eigenvalue weighted by Gasteiger charge is 2.24. The second kappa shape index (κ2) is 3.91. The van der Waals surface area contributed by atoms with Gasteiger partial charge in [0.1, 0.15) is 0 Å². The Labute approximate surface area is 83.4 Å². The van der Waals surface area contributed by atoms with E-state index in [0.29, 0.717) is 0 Å². The first-order valence-corrected chi connectivity index (χ1v) is 4.00. The smallest absolute Gasteiger partial charge is 0.308 e. The van der Waals surface area contributed by atoms with Crippen molar-refractivity contribution >= 4 is 17.6 Å². The molecular formula is C7H7ClF2N2O2. The summed E-state index contributed by atoms with van der Waals surface area (Å²) in [6, 6.07) is 0. The molecule has 1 rings (SSSR count). The molecule has 78 valence electrons. The lowest BCUT2D eigenvalue weighted by Crippen LogP contribution is -2.03. The maximum absolute atomic E-state index is 12.3. The Kier molecular flexibility index (Phi) is 3.05. The standard InChI is InChI=1S/C7H7ClF2N2O2/c1-3(13)14-5-4(7(9)10)11-12(2)6(5)8/h7H,1-2H3. The van der Waals surface area contributed by atoms with Crippen molar-refractivity contribution in [3.05, 3.63) is 10.8 Å². The highest BCUT2D eigenvalue weighted by atomic mass is 35.5. The molecule has 0 aliphatic carbocycles. The van der Waals surface area contributed by atoms with E-state index in [2.05, 4.69) is 9.84 Å². The maximum Gasteiger partial charge on any atom is 0.308 e. The van der Waals surface area contributed by atoms with Crippen molar-refractivity contribution in [1.29, 1.82) is 0 Å². The molecule has 1 heterocycles. The van der Waals surface area contributed by atoms with Crippen LogP contribution in [0.25, 0.3) is 0 Å². The summed E-state index contributed by atoms with van der Waals surface area (Å²) in [5.74, 6) is -1.10. The van der Waals surface area contributed by atoms with E-state index in [1.54, 1.807) is 0 Å². The van der Waals surface area contributed by atoms with Crippen molar-refractivity contribution in [1.82, 2.24) is 9.78 Å². The van der Waals surface area contributed by atoms with Gasteiger partial charge in [-0.1, -0.05) is 11.6 Å². The van der Waals surface area contributed by atoms with Gasteiger partial charge in [-0.15, -0.1) is 0 Å². The fourth-order valence-corrected chi connectivity index (χ4v) is 1.06. The van der Waals surface area contributed by atoms with Gasteiger partial charge in [0.15, 0.2) is 16.6 Å². The zero-order valence-electron chi connectivity index (χ0n) is 7.42. The molecule has 14 heavy (non-hydrogen) atoms. The van der Waals surface area contributed by atoms with E-state index in [9.17, 15) is 13.6 Å². The minimum Gasteiger partial charge on any atom is -0.421 e. The number of esters is 1. The van der Waals surface area contributed by atoms with Crippen molar-refractivity contribution in [3.63, 3.8) is 0 Å². The van der Waals surface area contributed by atoms with E-state index >= 15 is 0 Å². The summed E-state index contributed by atoms with van der Waals surface area (Å²) in [7, 11) is 1.38. The number of aryl methyl sites for hydroxylation is 1. The number of hydrogen-bond acceptors (Lipinski definition) is 3. The normalized spacial score (nSPS) is 10.7. The third-order valence-corrected chi connectivity index (χ3v) is 1.83. The number of ether oxygens (including phenoxy) is 1. The van der Waals surface area contributed by atoms with Gasteiger partial charge in [-0.25, -0.2) is 8.78 Å². The topological polar surface area (TPSA) is 44.1 Å². The Balaban J connectivity index is 3.16. The van der Waals surface area contributed by atoms with Gasteiger partial charge in [0, 0.05) is 14.0 Å². The molecule has 0 amide bonds. The molecule has 0 saturated heterocycles. The summed E-state index contributed by atoms with van der Waals surface area (Å²) >= 11 is 5.59. The number of nitrogens with zero attached hydrogens (tertiary/aromatic N) is 2. The molecule has 0 atom stereocenters. The molecule has 0 N–H and O–H groups in total. The molecule has 4 nitrogen and oxygen atoms in total. The Morgan fingerprint density at radius 1 is 1.64 bits per heavy atom. The van der Waals surface area contributed by atoms with E-state index in [1.807, 2.05) is 0 Å². The molecule has 0 aliphatic heterocycles. The minimum atomic E-state index is -2.83. The van der Waals surface area contributed by atoms with Crippen molar-refractivity contribution < 1.29 is 18.3 Å².